The number of para-hydroxylation sites is 1. The summed E-state index contributed by atoms with van der Waals surface area (Å²) in [5, 5.41) is 11.4. The summed E-state index contributed by atoms with van der Waals surface area (Å²) < 4.78 is 11.3. The van der Waals surface area contributed by atoms with Crippen LogP contribution in [-0.4, -0.2) is 18.3 Å². The highest BCUT2D eigenvalue weighted by Gasteiger charge is 2.24. The molecule has 0 aliphatic carbocycles. The van der Waals surface area contributed by atoms with E-state index >= 15 is 0 Å². The Morgan fingerprint density at radius 3 is 2.90 bits per heavy atom. The molecular weight excluding hydrogens is 288 g/mol. The molecule has 0 fully saturated rings. The predicted molar refractivity (Wildman–Crippen MR) is 82.3 cm³/mol. The first kappa shape index (κ1) is 14.2. The van der Waals surface area contributed by atoms with Gasteiger partial charge in [0.1, 0.15) is 17.6 Å². The van der Waals surface area contributed by atoms with E-state index < -0.39 is 6.10 Å². The summed E-state index contributed by atoms with van der Waals surface area (Å²) in [7, 11) is 0. The molecule has 2 aromatic rings. The normalized spacial score (nSPS) is 14.4. The fourth-order valence-corrected chi connectivity index (χ4v) is 2.91. The zero-order chi connectivity index (χ0) is 14.8. The van der Waals surface area contributed by atoms with Crippen LogP contribution in [0.5, 0.6) is 11.5 Å². The van der Waals surface area contributed by atoms with Crippen molar-refractivity contribution >= 4 is 11.6 Å². The first-order valence-corrected chi connectivity index (χ1v) is 7.43. The van der Waals surface area contributed by atoms with E-state index in [0.29, 0.717) is 29.5 Å². The molecule has 110 valence electrons. The Kier molecular flexibility index (Phi) is 4.04. The third kappa shape index (κ3) is 2.71. The molecule has 0 amide bonds. The van der Waals surface area contributed by atoms with Crippen LogP contribution in [0.25, 0.3) is 0 Å². The highest BCUT2D eigenvalue weighted by atomic mass is 35.5. The summed E-state index contributed by atoms with van der Waals surface area (Å²) in [6, 6.07) is 11.1. The molecule has 0 saturated heterocycles. The summed E-state index contributed by atoms with van der Waals surface area (Å²) >= 11 is 6.16. The van der Waals surface area contributed by atoms with Gasteiger partial charge in [0.15, 0.2) is 0 Å². The van der Waals surface area contributed by atoms with Crippen molar-refractivity contribution in [3.63, 3.8) is 0 Å². The summed E-state index contributed by atoms with van der Waals surface area (Å²) in [6.45, 7) is 3.10. The Labute approximate surface area is 129 Å². The molecular formula is C17H17ClO3. The van der Waals surface area contributed by atoms with Crippen molar-refractivity contribution in [3.8, 4) is 11.5 Å². The van der Waals surface area contributed by atoms with Gasteiger partial charge in [-0.25, -0.2) is 0 Å². The van der Waals surface area contributed by atoms with E-state index in [-0.39, 0.29) is 0 Å². The van der Waals surface area contributed by atoms with Crippen molar-refractivity contribution in [1.82, 2.24) is 0 Å². The molecule has 1 unspecified atom stereocenters. The number of aliphatic hydroxyl groups is 1. The molecule has 3 nitrogen and oxygen atoms in total. The Morgan fingerprint density at radius 1 is 1.29 bits per heavy atom. The molecule has 1 atom stereocenters. The molecule has 1 aliphatic heterocycles. The maximum atomic E-state index is 10.8. The molecule has 0 bridgehead atoms. The molecule has 4 heteroatoms. The third-order valence-corrected chi connectivity index (χ3v) is 3.80. The maximum Gasteiger partial charge on any atom is 0.128 e. The van der Waals surface area contributed by atoms with Crippen molar-refractivity contribution in [1.29, 1.82) is 0 Å². The third-order valence-electron chi connectivity index (χ3n) is 3.59. The van der Waals surface area contributed by atoms with Gasteiger partial charge in [-0.15, -0.1) is 0 Å². The van der Waals surface area contributed by atoms with Gasteiger partial charge in [-0.1, -0.05) is 29.8 Å². The first-order valence-electron chi connectivity index (χ1n) is 7.05. The molecule has 1 heterocycles. The van der Waals surface area contributed by atoms with Crippen LogP contribution in [0, 0.1) is 0 Å². The second-order valence-electron chi connectivity index (χ2n) is 4.96. The van der Waals surface area contributed by atoms with E-state index in [9.17, 15) is 5.11 Å². The van der Waals surface area contributed by atoms with E-state index in [1.807, 2.05) is 37.3 Å². The van der Waals surface area contributed by atoms with Crippen LogP contribution < -0.4 is 9.47 Å². The van der Waals surface area contributed by atoms with Gasteiger partial charge in [-0.05, 0) is 30.7 Å². The lowest BCUT2D eigenvalue weighted by molar-refractivity contribution is 0.206. The van der Waals surface area contributed by atoms with Crippen LogP contribution in [0.4, 0.5) is 0 Å². The fourth-order valence-electron chi connectivity index (χ4n) is 2.66. The van der Waals surface area contributed by atoms with Crippen LogP contribution in [0.1, 0.15) is 29.7 Å². The van der Waals surface area contributed by atoms with Crippen LogP contribution in [0.2, 0.25) is 5.02 Å². The fraction of sp³-hybridized carbons (Fsp3) is 0.294. The summed E-state index contributed by atoms with van der Waals surface area (Å²) in [5.41, 5.74) is 2.46. The predicted octanol–water partition coefficient (Wildman–Crippen LogP) is 3.76. The van der Waals surface area contributed by atoms with Crippen LogP contribution >= 0.6 is 11.6 Å². The summed E-state index contributed by atoms with van der Waals surface area (Å²) in [5.74, 6) is 1.43. The van der Waals surface area contributed by atoms with Gasteiger partial charge in [0, 0.05) is 22.6 Å². The van der Waals surface area contributed by atoms with Gasteiger partial charge in [0.25, 0.3) is 0 Å². The Bertz CT molecular complexity index is 654. The van der Waals surface area contributed by atoms with E-state index in [1.54, 1.807) is 6.07 Å². The van der Waals surface area contributed by atoms with Crippen molar-refractivity contribution in [3.05, 3.63) is 58.1 Å². The smallest absolute Gasteiger partial charge is 0.128 e. The lowest BCUT2D eigenvalue weighted by Crippen LogP contribution is -2.05. The molecule has 21 heavy (non-hydrogen) atoms. The van der Waals surface area contributed by atoms with Gasteiger partial charge in [0.05, 0.1) is 13.2 Å². The van der Waals surface area contributed by atoms with Gasteiger partial charge >= 0.3 is 0 Å². The van der Waals surface area contributed by atoms with Gasteiger partial charge in [-0.2, -0.15) is 0 Å². The minimum atomic E-state index is -0.821. The van der Waals surface area contributed by atoms with Crippen LogP contribution in [-0.2, 0) is 6.42 Å². The topological polar surface area (TPSA) is 38.7 Å². The number of ether oxygens (including phenoxy) is 2. The van der Waals surface area contributed by atoms with E-state index in [1.165, 1.54) is 0 Å². The second-order valence-corrected chi connectivity index (χ2v) is 5.39. The lowest BCUT2D eigenvalue weighted by atomic mass is 9.97. The number of benzene rings is 2. The largest absolute Gasteiger partial charge is 0.493 e. The molecule has 2 aromatic carbocycles. The SMILES string of the molecule is CCOc1ccccc1C(O)c1cc(Cl)cc2c1OCC2. The van der Waals surface area contributed by atoms with Crippen molar-refractivity contribution < 1.29 is 14.6 Å². The van der Waals surface area contributed by atoms with E-state index in [4.69, 9.17) is 21.1 Å². The van der Waals surface area contributed by atoms with Gasteiger partial charge in [-0.3, -0.25) is 0 Å². The molecule has 0 radical (unpaired) electrons. The molecule has 0 saturated carbocycles. The second kappa shape index (κ2) is 5.96. The minimum absolute atomic E-state index is 0.549. The molecule has 1 aliphatic rings. The number of hydrogen-bond acceptors (Lipinski definition) is 3. The quantitative estimate of drug-likeness (QED) is 0.935. The van der Waals surface area contributed by atoms with Crippen molar-refractivity contribution in [2.45, 2.75) is 19.4 Å². The van der Waals surface area contributed by atoms with Gasteiger partial charge < -0.3 is 14.6 Å². The zero-order valence-corrected chi connectivity index (χ0v) is 12.6. The van der Waals surface area contributed by atoms with Crippen molar-refractivity contribution in [2.24, 2.45) is 0 Å². The van der Waals surface area contributed by atoms with E-state index in [0.717, 1.165) is 23.3 Å². The Hall–Kier alpha value is -1.71. The zero-order valence-electron chi connectivity index (χ0n) is 11.8. The summed E-state index contributed by atoms with van der Waals surface area (Å²) in [4.78, 5) is 0. The number of rotatable bonds is 4. The molecule has 3 rings (SSSR count). The molecule has 1 N–H and O–H groups in total. The standard InChI is InChI=1S/C17H17ClO3/c1-2-20-15-6-4-3-5-13(15)16(19)14-10-12(18)9-11-7-8-21-17(11)14/h3-6,9-10,16,19H,2,7-8H2,1H3. The van der Waals surface area contributed by atoms with E-state index in [2.05, 4.69) is 0 Å². The highest BCUT2D eigenvalue weighted by molar-refractivity contribution is 6.30. The van der Waals surface area contributed by atoms with Gasteiger partial charge in [0.2, 0.25) is 0 Å². The Balaban J connectivity index is 2.05. The summed E-state index contributed by atoms with van der Waals surface area (Å²) in [6.07, 6.45) is 0.00112. The maximum absolute atomic E-state index is 10.8. The molecule has 0 spiro atoms. The Morgan fingerprint density at radius 2 is 2.10 bits per heavy atom. The number of halogens is 1. The monoisotopic (exact) mass is 304 g/mol. The highest BCUT2D eigenvalue weighted by Crippen LogP contribution is 2.40. The first-order chi connectivity index (χ1) is 10.2. The average molecular weight is 305 g/mol. The number of aliphatic hydroxyl groups excluding tert-OH is 1. The number of fused-ring (bicyclic) bond motifs is 1. The molecule has 0 aromatic heterocycles. The van der Waals surface area contributed by atoms with Crippen molar-refractivity contribution in [2.75, 3.05) is 13.2 Å². The minimum Gasteiger partial charge on any atom is -0.493 e. The van der Waals surface area contributed by atoms with Crippen LogP contribution in [0.15, 0.2) is 36.4 Å². The number of hydrogen-bond donors (Lipinski definition) is 1. The average Bonchev–Trinajstić information content (AvgIpc) is 2.94. The van der Waals surface area contributed by atoms with Crippen LogP contribution in [0.3, 0.4) is 0 Å². The lowest BCUT2D eigenvalue weighted by Gasteiger charge is -2.18.